The molecule has 33 heavy (non-hydrogen) atoms. The maximum Gasteiger partial charge on any atom is 0.416 e. The molecular weight excluding hydrogens is 483 g/mol. The summed E-state index contributed by atoms with van der Waals surface area (Å²) in [7, 11) is 0. The number of halogens is 4. The highest BCUT2D eigenvalue weighted by molar-refractivity contribution is 7.80. The Labute approximate surface area is 197 Å². The summed E-state index contributed by atoms with van der Waals surface area (Å²) in [6.45, 7) is 0.355. The number of rotatable bonds is 4. The standard InChI is InChI=1S/C21H19ClF3N3O4S/c22-12-4-6-13(7-5-12)26-19(33)28-15-9-30-18-16(10-31-17(15)18)32-20(29)27-14-3-1-2-11(8-14)21(23,24)25/h1-8,15-18H,9-10H2,(H,27,29)(H2,26,28,33)/t15-,16-,17-,18+/m0/s1. The summed E-state index contributed by atoms with van der Waals surface area (Å²) in [5, 5.41) is 9.44. The maximum atomic E-state index is 12.8. The molecule has 2 heterocycles. The number of nitrogens with one attached hydrogen (secondary N) is 3. The predicted octanol–water partition coefficient (Wildman–Crippen LogP) is 4.43. The summed E-state index contributed by atoms with van der Waals surface area (Å²) >= 11 is 11.2. The molecule has 4 rings (SSSR count). The van der Waals surface area contributed by atoms with Crippen LogP contribution in [0.1, 0.15) is 5.56 Å². The summed E-state index contributed by atoms with van der Waals surface area (Å²) in [6, 6.07) is 11.0. The van der Waals surface area contributed by atoms with E-state index in [0.29, 0.717) is 10.1 Å². The van der Waals surface area contributed by atoms with Crippen molar-refractivity contribution < 1.29 is 32.2 Å². The van der Waals surface area contributed by atoms with E-state index in [2.05, 4.69) is 16.0 Å². The van der Waals surface area contributed by atoms with Crippen LogP contribution in [0.4, 0.5) is 29.3 Å². The average Bonchev–Trinajstić information content (AvgIpc) is 3.33. The first kappa shape index (κ1) is 23.6. The van der Waals surface area contributed by atoms with Gasteiger partial charge in [0.2, 0.25) is 0 Å². The Morgan fingerprint density at radius 1 is 1.03 bits per heavy atom. The van der Waals surface area contributed by atoms with Crippen LogP contribution in [-0.4, -0.2) is 48.8 Å². The molecule has 2 aliphatic heterocycles. The highest BCUT2D eigenvalue weighted by atomic mass is 35.5. The first-order valence-electron chi connectivity index (χ1n) is 9.90. The molecular formula is C21H19ClF3N3O4S. The van der Waals surface area contributed by atoms with E-state index in [0.717, 1.165) is 17.8 Å². The lowest BCUT2D eigenvalue weighted by molar-refractivity contribution is -0.137. The number of hydrogen-bond donors (Lipinski definition) is 3. The van der Waals surface area contributed by atoms with Crippen LogP contribution in [0.5, 0.6) is 0 Å². The van der Waals surface area contributed by atoms with Gasteiger partial charge in [-0.1, -0.05) is 17.7 Å². The Kier molecular flexibility index (Phi) is 6.94. The fourth-order valence-corrected chi connectivity index (χ4v) is 4.01. The molecule has 0 aliphatic carbocycles. The van der Waals surface area contributed by atoms with Crippen molar-refractivity contribution in [3.05, 3.63) is 59.1 Å². The maximum absolute atomic E-state index is 12.8. The van der Waals surface area contributed by atoms with Gasteiger partial charge in [0.1, 0.15) is 12.2 Å². The molecule has 0 spiro atoms. The monoisotopic (exact) mass is 501 g/mol. The van der Waals surface area contributed by atoms with E-state index in [4.69, 9.17) is 38.0 Å². The third-order valence-electron chi connectivity index (χ3n) is 5.12. The Hall–Kier alpha value is -2.60. The normalized spacial score (nSPS) is 24.1. The summed E-state index contributed by atoms with van der Waals surface area (Å²) in [4.78, 5) is 12.2. The van der Waals surface area contributed by atoms with Gasteiger partial charge in [0.15, 0.2) is 11.2 Å². The predicted molar refractivity (Wildman–Crippen MR) is 119 cm³/mol. The molecule has 3 N–H and O–H groups in total. The summed E-state index contributed by atoms with van der Waals surface area (Å²) in [5.74, 6) is 0. The number of ether oxygens (including phenoxy) is 3. The largest absolute Gasteiger partial charge is 0.441 e. The second-order valence-electron chi connectivity index (χ2n) is 7.46. The van der Waals surface area contributed by atoms with Gasteiger partial charge in [-0.15, -0.1) is 0 Å². The van der Waals surface area contributed by atoms with Crippen LogP contribution in [0.2, 0.25) is 5.02 Å². The molecule has 2 aromatic rings. The van der Waals surface area contributed by atoms with E-state index in [-0.39, 0.29) is 24.9 Å². The topological polar surface area (TPSA) is 80.9 Å². The van der Waals surface area contributed by atoms with Crippen LogP contribution >= 0.6 is 23.8 Å². The van der Waals surface area contributed by atoms with Crippen molar-refractivity contribution in [3.63, 3.8) is 0 Å². The van der Waals surface area contributed by atoms with Gasteiger partial charge in [0.05, 0.1) is 24.8 Å². The molecule has 12 heteroatoms. The first-order chi connectivity index (χ1) is 15.7. The van der Waals surface area contributed by atoms with E-state index >= 15 is 0 Å². The zero-order chi connectivity index (χ0) is 23.6. The molecule has 0 radical (unpaired) electrons. The number of benzene rings is 2. The molecule has 2 fully saturated rings. The highest BCUT2D eigenvalue weighted by Gasteiger charge is 2.49. The highest BCUT2D eigenvalue weighted by Crippen LogP contribution is 2.31. The lowest BCUT2D eigenvalue weighted by Crippen LogP contribution is -2.46. The van der Waals surface area contributed by atoms with Crippen molar-refractivity contribution in [2.45, 2.75) is 30.5 Å². The zero-order valence-corrected chi connectivity index (χ0v) is 18.5. The van der Waals surface area contributed by atoms with Crippen molar-refractivity contribution in [2.24, 2.45) is 0 Å². The van der Waals surface area contributed by atoms with Gasteiger partial charge in [0.25, 0.3) is 0 Å². The SMILES string of the molecule is O=C(Nc1cccc(C(F)(F)F)c1)O[C@H]1CO[C@@H]2[C@@H]1OC[C@@H]2NC(=S)Nc1ccc(Cl)cc1. The lowest BCUT2D eigenvalue weighted by atomic mass is 10.1. The number of carbonyl (C=O) groups excluding carboxylic acids is 1. The fraction of sp³-hybridized carbons (Fsp3) is 0.333. The fourth-order valence-electron chi connectivity index (χ4n) is 3.62. The van der Waals surface area contributed by atoms with E-state index in [9.17, 15) is 18.0 Å². The van der Waals surface area contributed by atoms with Crippen LogP contribution in [0, 0.1) is 0 Å². The number of hydrogen-bond acceptors (Lipinski definition) is 5. The minimum Gasteiger partial charge on any atom is -0.441 e. The second kappa shape index (κ2) is 9.72. The quantitative estimate of drug-likeness (QED) is 0.535. The minimum absolute atomic E-state index is 0.0317. The third kappa shape index (κ3) is 5.85. The molecule has 2 saturated heterocycles. The van der Waals surface area contributed by atoms with Gasteiger partial charge in [-0.05, 0) is 54.7 Å². The summed E-state index contributed by atoms with van der Waals surface area (Å²) in [5.41, 5.74) is -0.149. The van der Waals surface area contributed by atoms with E-state index < -0.39 is 36.1 Å². The Balaban J connectivity index is 1.29. The van der Waals surface area contributed by atoms with Crippen LogP contribution < -0.4 is 16.0 Å². The van der Waals surface area contributed by atoms with Gasteiger partial charge in [-0.2, -0.15) is 13.2 Å². The zero-order valence-electron chi connectivity index (χ0n) is 16.9. The smallest absolute Gasteiger partial charge is 0.416 e. The van der Waals surface area contributed by atoms with Crippen molar-refractivity contribution in [1.82, 2.24) is 5.32 Å². The molecule has 176 valence electrons. The lowest BCUT2D eigenvalue weighted by Gasteiger charge is -2.20. The third-order valence-corrected chi connectivity index (χ3v) is 5.59. The number of fused-ring (bicyclic) bond motifs is 1. The number of carbonyl (C=O) groups is 1. The van der Waals surface area contributed by atoms with Gasteiger partial charge < -0.3 is 24.8 Å². The van der Waals surface area contributed by atoms with Gasteiger partial charge in [-0.25, -0.2) is 4.79 Å². The number of thiocarbonyl (C=S) groups is 1. The summed E-state index contributed by atoms with van der Waals surface area (Å²) < 4.78 is 55.3. The van der Waals surface area contributed by atoms with Crippen molar-refractivity contribution in [2.75, 3.05) is 23.8 Å². The molecule has 0 bridgehead atoms. The van der Waals surface area contributed by atoms with Crippen LogP contribution in [0.3, 0.4) is 0 Å². The molecule has 4 atom stereocenters. The molecule has 2 aliphatic rings. The minimum atomic E-state index is -4.52. The Morgan fingerprint density at radius 3 is 2.48 bits per heavy atom. The average molecular weight is 502 g/mol. The number of anilines is 2. The second-order valence-corrected chi connectivity index (χ2v) is 8.30. The van der Waals surface area contributed by atoms with Crippen LogP contribution in [0.25, 0.3) is 0 Å². The van der Waals surface area contributed by atoms with Crippen LogP contribution in [0.15, 0.2) is 48.5 Å². The van der Waals surface area contributed by atoms with Crippen molar-refractivity contribution in [3.8, 4) is 0 Å². The number of amides is 1. The molecule has 1 amide bonds. The Morgan fingerprint density at radius 2 is 1.76 bits per heavy atom. The number of alkyl halides is 3. The first-order valence-corrected chi connectivity index (χ1v) is 10.7. The molecule has 2 aromatic carbocycles. The molecule has 0 saturated carbocycles. The Bertz CT molecular complexity index is 1020. The molecule has 7 nitrogen and oxygen atoms in total. The molecule has 0 unspecified atom stereocenters. The van der Waals surface area contributed by atoms with Crippen molar-refractivity contribution in [1.29, 1.82) is 0 Å². The van der Waals surface area contributed by atoms with Gasteiger partial charge in [-0.3, -0.25) is 5.32 Å². The van der Waals surface area contributed by atoms with E-state index in [1.807, 2.05) is 0 Å². The van der Waals surface area contributed by atoms with E-state index in [1.165, 1.54) is 12.1 Å². The van der Waals surface area contributed by atoms with Gasteiger partial charge in [0, 0.05) is 16.4 Å². The van der Waals surface area contributed by atoms with E-state index in [1.54, 1.807) is 24.3 Å². The van der Waals surface area contributed by atoms with Crippen molar-refractivity contribution >= 4 is 46.4 Å². The van der Waals surface area contributed by atoms with Crippen LogP contribution in [-0.2, 0) is 20.4 Å². The van der Waals surface area contributed by atoms with Gasteiger partial charge >= 0.3 is 12.3 Å². The molecule has 0 aromatic heterocycles. The summed E-state index contributed by atoms with van der Waals surface area (Å²) in [6.07, 6.45) is -7.08.